The molecular weight excluding hydrogens is 236 g/mol. The zero-order valence-corrected chi connectivity index (χ0v) is 12.2. The molecule has 2 unspecified atom stereocenters. The van der Waals surface area contributed by atoms with Crippen LogP contribution in [0, 0.1) is 12.8 Å². The number of anilines is 1. The molecule has 0 radical (unpaired) electrons. The van der Waals surface area contributed by atoms with Gasteiger partial charge in [-0.2, -0.15) is 0 Å². The fourth-order valence-electron chi connectivity index (χ4n) is 3.23. The van der Waals surface area contributed by atoms with Crippen LogP contribution in [0.5, 0.6) is 0 Å². The highest BCUT2D eigenvalue weighted by Gasteiger charge is 2.34. The summed E-state index contributed by atoms with van der Waals surface area (Å²) in [4.78, 5) is 11.7. The summed E-state index contributed by atoms with van der Waals surface area (Å²) in [7, 11) is 0. The second-order valence-electron chi connectivity index (χ2n) is 6.25. The minimum atomic E-state index is 0.390. The third-order valence-electron chi connectivity index (χ3n) is 4.30. The number of aryl methyl sites for hydroxylation is 1. The van der Waals surface area contributed by atoms with Gasteiger partial charge in [-0.1, -0.05) is 13.8 Å². The molecule has 0 bridgehead atoms. The van der Waals surface area contributed by atoms with Crippen molar-refractivity contribution in [3.05, 3.63) is 17.6 Å². The summed E-state index contributed by atoms with van der Waals surface area (Å²) in [6.45, 7) is 9.80. The molecule has 2 fully saturated rings. The van der Waals surface area contributed by atoms with Crippen molar-refractivity contribution in [3.8, 4) is 0 Å². The molecule has 104 valence electrons. The molecule has 0 amide bonds. The van der Waals surface area contributed by atoms with E-state index >= 15 is 0 Å². The standard InChI is InChI=1S/C15H24N4/c1-10(2)15-17-11(3)7-14(18-15)19-8-12-5-4-6-16-13(12)9-19/h7,10,12-13,16H,4-6,8-9H2,1-3H3. The Morgan fingerprint density at radius 1 is 1.32 bits per heavy atom. The first-order valence-corrected chi connectivity index (χ1v) is 7.47. The van der Waals surface area contributed by atoms with Crippen molar-refractivity contribution in [2.45, 2.75) is 45.6 Å². The third kappa shape index (κ3) is 2.59. The van der Waals surface area contributed by atoms with Crippen LogP contribution in [0.3, 0.4) is 0 Å². The molecule has 1 aromatic rings. The van der Waals surface area contributed by atoms with Gasteiger partial charge in [0.1, 0.15) is 11.6 Å². The molecule has 0 spiro atoms. The van der Waals surface area contributed by atoms with Crippen LogP contribution in [-0.2, 0) is 0 Å². The van der Waals surface area contributed by atoms with Crippen LogP contribution in [0.2, 0.25) is 0 Å². The van der Waals surface area contributed by atoms with Gasteiger partial charge in [-0.25, -0.2) is 9.97 Å². The van der Waals surface area contributed by atoms with Gasteiger partial charge in [-0.05, 0) is 32.2 Å². The third-order valence-corrected chi connectivity index (χ3v) is 4.30. The molecule has 1 aromatic heterocycles. The zero-order chi connectivity index (χ0) is 13.4. The van der Waals surface area contributed by atoms with Gasteiger partial charge in [-0.15, -0.1) is 0 Å². The van der Waals surface area contributed by atoms with E-state index in [1.165, 1.54) is 19.4 Å². The molecule has 2 atom stereocenters. The van der Waals surface area contributed by atoms with Crippen LogP contribution in [0.25, 0.3) is 0 Å². The van der Waals surface area contributed by atoms with Gasteiger partial charge in [0.05, 0.1) is 0 Å². The number of hydrogen-bond acceptors (Lipinski definition) is 4. The van der Waals surface area contributed by atoms with E-state index in [2.05, 4.69) is 42.0 Å². The molecule has 0 aliphatic carbocycles. The Labute approximate surface area is 115 Å². The fraction of sp³-hybridized carbons (Fsp3) is 0.733. The lowest BCUT2D eigenvalue weighted by molar-refractivity contribution is 0.340. The molecule has 2 aliphatic rings. The number of piperidine rings is 1. The van der Waals surface area contributed by atoms with E-state index in [0.717, 1.165) is 36.3 Å². The molecule has 3 heterocycles. The number of hydrogen-bond donors (Lipinski definition) is 1. The number of nitrogens with zero attached hydrogens (tertiary/aromatic N) is 3. The Balaban J connectivity index is 1.82. The maximum atomic E-state index is 4.76. The van der Waals surface area contributed by atoms with E-state index in [0.29, 0.717) is 12.0 Å². The van der Waals surface area contributed by atoms with Crippen LogP contribution in [0.4, 0.5) is 5.82 Å². The van der Waals surface area contributed by atoms with E-state index in [9.17, 15) is 0 Å². The highest BCUT2D eigenvalue weighted by Crippen LogP contribution is 2.28. The Morgan fingerprint density at radius 3 is 2.89 bits per heavy atom. The number of fused-ring (bicyclic) bond motifs is 1. The molecule has 4 nitrogen and oxygen atoms in total. The summed E-state index contributed by atoms with van der Waals surface area (Å²) >= 11 is 0. The summed E-state index contributed by atoms with van der Waals surface area (Å²) in [6.07, 6.45) is 2.67. The average Bonchev–Trinajstić information content (AvgIpc) is 2.81. The minimum absolute atomic E-state index is 0.390. The predicted octanol–water partition coefficient (Wildman–Crippen LogP) is 2.10. The topological polar surface area (TPSA) is 41.0 Å². The van der Waals surface area contributed by atoms with Gasteiger partial charge in [0, 0.05) is 36.8 Å². The molecule has 3 rings (SSSR count). The lowest BCUT2D eigenvalue weighted by Gasteiger charge is -2.24. The van der Waals surface area contributed by atoms with Crippen molar-refractivity contribution < 1.29 is 0 Å². The van der Waals surface area contributed by atoms with E-state index in [1.807, 2.05) is 0 Å². The van der Waals surface area contributed by atoms with Crippen molar-refractivity contribution in [1.82, 2.24) is 15.3 Å². The van der Waals surface area contributed by atoms with Gasteiger partial charge >= 0.3 is 0 Å². The smallest absolute Gasteiger partial charge is 0.133 e. The quantitative estimate of drug-likeness (QED) is 0.884. The summed E-state index contributed by atoms with van der Waals surface area (Å²) in [5.74, 6) is 3.28. The van der Waals surface area contributed by atoms with Crippen molar-refractivity contribution in [1.29, 1.82) is 0 Å². The molecule has 4 heteroatoms. The van der Waals surface area contributed by atoms with Crippen LogP contribution >= 0.6 is 0 Å². The highest BCUT2D eigenvalue weighted by molar-refractivity contribution is 5.42. The first kappa shape index (κ1) is 12.9. The molecule has 1 N–H and O–H groups in total. The Bertz CT molecular complexity index is 443. The molecule has 0 aromatic carbocycles. The van der Waals surface area contributed by atoms with E-state index < -0.39 is 0 Å². The van der Waals surface area contributed by atoms with Crippen LogP contribution in [0.15, 0.2) is 6.07 Å². The van der Waals surface area contributed by atoms with Gasteiger partial charge in [0.2, 0.25) is 0 Å². The van der Waals surface area contributed by atoms with Gasteiger partial charge in [-0.3, -0.25) is 0 Å². The largest absolute Gasteiger partial charge is 0.355 e. The second kappa shape index (κ2) is 5.08. The molecule has 0 saturated carbocycles. The monoisotopic (exact) mass is 260 g/mol. The minimum Gasteiger partial charge on any atom is -0.355 e. The van der Waals surface area contributed by atoms with E-state index in [4.69, 9.17) is 4.98 Å². The van der Waals surface area contributed by atoms with Crippen molar-refractivity contribution in [2.75, 3.05) is 24.5 Å². The lowest BCUT2D eigenvalue weighted by atomic mass is 9.94. The van der Waals surface area contributed by atoms with Crippen molar-refractivity contribution >= 4 is 5.82 Å². The fourth-order valence-corrected chi connectivity index (χ4v) is 3.23. The number of rotatable bonds is 2. The first-order valence-electron chi connectivity index (χ1n) is 7.47. The molecule has 19 heavy (non-hydrogen) atoms. The number of aromatic nitrogens is 2. The van der Waals surface area contributed by atoms with E-state index in [1.54, 1.807) is 0 Å². The lowest BCUT2D eigenvalue weighted by Crippen LogP contribution is -2.40. The SMILES string of the molecule is Cc1cc(N2CC3CCCNC3C2)nc(C(C)C)n1. The highest BCUT2D eigenvalue weighted by atomic mass is 15.3. The van der Waals surface area contributed by atoms with Crippen molar-refractivity contribution in [2.24, 2.45) is 5.92 Å². The summed E-state index contributed by atoms with van der Waals surface area (Å²) < 4.78 is 0. The van der Waals surface area contributed by atoms with Crippen LogP contribution in [-0.4, -0.2) is 35.6 Å². The maximum absolute atomic E-state index is 4.76. The number of nitrogens with one attached hydrogen (secondary N) is 1. The van der Waals surface area contributed by atoms with Gasteiger partial charge < -0.3 is 10.2 Å². The van der Waals surface area contributed by atoms with Crippen LogP contribution < -0.4 is 10.2 Å². The summed E-state index contributed by atoms with van der Waals surface area (Å²) in [5.41, 5.74) is 1.08. The van der Waals surface area contributed by atoms with Crippen molar-refractivity contribution in [3.63, 3.8) is 0 Å². The average molecular weight is 260 g/mol. The predicted molar refractivity (Wildman–Crippen MR) is 77.6 cm³/mol. The van der Waals surface area contributed by atoms with E-state index in [-0.39, 0.29) is 0 Å². The first-order chi connectivity index (χ1) is 9.13. The molecular formula is C15H24N4. The van der Waals surface area contributed by atoms with Gasteiger partial charge in [0.15, 0.2) is 0 Å². The second-order valence-corrected chi connectivity index (χ2v) is 6.25. The Kier molecular flexibility index (Phi) is 3.44. The Hall–Kier alpha value is -1.16. The molecule has 2 saturated heterocycles. The van der Waals surface area contributed by atoms with Gasteiger partial charge in [0.25, 0.3) is 0 Å². The Morgan fingerprint density at radius 2 is 2.16 bits per heavy atom. The summed E-state index contributed by atoms with van der Waals surface area (Å²) in [5, 5.41) is 3.65. The normalized spacial score (nSPS) is 26.8. The summed E-state index contributed by atoms with van der Waals surface area (Å²) in [6, 6.07) is 2.79. The molecule has 2 aliphatic heterocycles. The maximum Gasteiger partial charge on any atom is 0.133 e. The zero-order valence-electron chi connectivity index (χ0n) is 12.2. The van der Waals surface area contributed by atoms with Crippen LogP contribution in [0.1, 0.15) is 44.1 Å².